The van der Waals surface area contributed by atoms with Crippen LogP contribution in [0.2, 0.25) is 0 Å². The first-order valence-corrected chi connectivity index (χ1v) is 9.34. The number of H-pyrrole nitrogens is 2. The zero-order valence-electron chi connectivity index (χ0n) is 15.4. The van der Waals surface area contributed by atoms with Crippen molar-refractivity contribution in [3.8, 4) is 0 Å². The fourth-order valence-electron chi connectivity index (χ4n) is 3.76. The molecule has 0 bridgehead atoms. The van der Waals surface area contributed by atoms with E-state index in [0.29, 0.717) is 12.8 Å². The number of likely N-dealkylation sites (tertiary alicyclic amines) is 1. The number of carbonyl (C=O) groups excluding carboxylic acids is 1. The zero-order valence-corrected chi connectivity index (χ0v) is 15.4. The summed E-state index contributed by atoms with van der Waals surface area (Å²) in [6, 6.07) is 8.09. The number of rotatable bonds is 4. The molecule has 4 rings (SSSR count). The molecule has 0 saturated carbocycles. The summed E-state index contributed by atoms with van der Waals surface area (Å²) in [4.78, 5) is 22.9. The van der Waals surface area contributed by atoms with Gasteiger partial charge in [-0.05, 0) is 44.4 Å². The van der Waals surface area contributed by atoms with E-state index in [1.807, 2.05) is 36.1 Å². The molecule has 0 radical (unpaired) electrons. The molecule has 0 aliphatic carbocycles. The van der Waals surface area contributed by atoms with Crippen molar-refractivity contribution in [2.75, 3.05) is 13.1 Å². The maximum Gasteiger partial charge on any atom is 0.222 e. The van der Waals surface area contributed by atoms with Crippen LogP contribution in [0.15, 0.2) is 24.3 Å². The predicted molar refractivity (Wildman–Crippen MR) is 101 cm³/mol. The van der Waals surface area contributed by atoms with E-state index in [9.17, 15) is 4.79 Å². The molecule has 136 valence electrons. The number of imidazole rings is 1. The standard InChI is InChI=1S/C20H25N5O/c1-13-14(2)23-24-16(13)9-10-19(26)25-11-5-6-15(12-25)20-21-17-7-3-4-8-18(17)22-20/h3-4,7-8,15H,5-6,9-12H2,1-2H3,(H,21,22)(H,23,24). The van der Waals surface area contributed by atoms with Crippen LogP contribution in [-0.4, -0.2) is 44.1 Å². The molecule has 3 aromatic rings. The topological polar surface area (TPSA) is 77.7 Å². The number of carbonyl (C=O) groups is 1. The SMILES string of the molecule is Cc1[nH]nc(CCC(=O)N2CCCC(c3nc4ccccc4[nH]3)C2)c1C. The molecule has 1 saturated heterocycles. The number of aromatic amines is 2. The van der Waals surface area contributed by atoms with Crippen molar-refractivity contribution in [1.29, 1.82) is 0 Å². The van der Waals surface area contributed by atoms with Gasteiger partial charge in [0.2, 0.25) is 5.91 Å². The van der Waals surface area contributed by atoms with Gasteiger partial charge < -0.3 is 9.88 Å². The number of nitrogens with one attached hydrogen (secondary N) is 2. The van der Waals surface area contributed by atoms with Crippen molar-refractivity contribution in [3.63, 3.8) is 0 Å². The third-order valence-electron chi connectivity index (χ3n) is 5.50. The van der Waals surface area contributed by atoms with Gasteiger partial charge in [0.05, 0.1) is 16.7 Å². The highest BCUT2D eigenvalue weighted by Gasteiger charge is 2.26. The molecule has 1 atom stereocenters. The van der Waals surface area contributed by atoms with E-state index in [-0.39, 0.29) is 11.8 Å². The summed E-state index contributed by atoms with van der Waals surface area (Å²) in [6.07, 6.45) is 3.30. The Kier molecular flexibility index (Phi) is 4.49. The molecule has 3 heterocycles. The monoisotopic (exact) mass is 351 g/mol. The van der Waals surface area contributed by atoms with Gasteiger partial charge in [0, 0.05) is 37.5 Å². The van der Waals surface area contributed by atoms with Crippen molar-refractivity contribution in [2.24, 2.45) is 0 Å². The number of aromatic nitrogens is 4. The Morgan fingerprint density at radius 3 is 2.92 bits per heavy atom. The van der Waals surface area contributed by atoms with Gasteiger partial charge in [-0.3, -0.25) is 9.89 Å². The van der Waals surface area contributed by atoms with Gasteiger partial charge in [-0.25, -0.2) is 4.98 Å². The van der Waals surface area contributed by atoms with Gasteiger partial charge in [-0.1, -0.05) is 12.1 Å². The molecule has 1 aliphatic rings. The molecule has 0 spiro atoms. The van der Waals surface area contributed by atoms with E-state index in [0.717, 1.165) is 59.7 Å². The number of hydrogen-bond donors (Lipinski definition) is 2. The van der Waals surface area contributed by atoms with Crippen LogP contribution in [-0.2, 0) is 11.2 Å². The van der Waals surface area contributed by atoms with E-state index < -0.39 is 0 Å². The Bertz CT molecular complexity index is 892. The number of fused-ring (bicyclic) bond motifs is 1. The zero-order chi connectivity index (χ0) is 18.1. The molecule has 1 aromatic carbocycles. The number of benzene rings is 1. The lowest BCUT2D eigenvalue weighted by Gasteiger charge is -2.32. The Labute approximate surface area is 153 Å². The molecule has 6 nitrogen and oxygen atoms in total. The van der Waals surface area contributed by atoms with Crippen LogP contribution in [0, 0.1) is 13.8 Å². The number of aryl methyl sites for hydroxylation is 2. The summed E-state index contributed by atoms with van der Waals surface area (Å²) in [6.45, 7) is 5.65. The molecule has 2 aromatic heterocycles. The van der Waals surface area contributed by atoms with Gasteiger partial charge in [0.25, 0.3) is 0 Å². The van der Waals surface area contributed by atoms with Crippen LogP contribution in [0.1, 0.15) is 48.0 Å². The smallest absolute Gasteiger partial charge is 0.222 e. The Morgan fingerprint density at radius 2 is 2.15 bits per heavy atom. The van der Waals surface area contributed by atoms with Gasteiger partial charge in [0.15, 0.2) is 0 Å². The quantitative estimate of drug-likeness (QED) is 0.757. The van der Waals surface area contributed by atoms with Crippen LogP contribution in [0.5, 0.6) is 0 Å². The second-order valence-electron chi connectivity index (χ2n) is 7.24. The summed E-state index contributed by atoms with van der Waals surface area (Å²) in [5.74, 6) is 1.50. The summed E-state index contributed by atoms with van der Waals surface area (Å²) in [5.41, 5.74) is 5.30. The maximum absolute atomic E-state index is 12.7. The van der Waals surface area contributed by atoms with E-state index in [2.05, 4.69) is 22.1 Å². The minimum Gasteiger partial charge on any atom is -0.342 e. The number of piperidine rings is 1. The van der Waals surface area contributed by atoms with Gasteiger partial charge >= 0.3 is 0 Å². The second kappa shape index (κ2) is 6.94. The summed E-state index contributed by atoms with van der Waals surface area (Å²) >= 11 is 0. The Balaban J connectivity index is 1.41. The normalized spacial score (nSPS) is 17.8. The molecule has 1 aliphatic heterocycles. The molecule has 1 fully saturated rings. The predicted octanol–water partition coefficient (Wildman–Crippen LogP) is 3.24. The van der Waals surface area contributed by atoms with Crippen LogP contribution < -0.4 is 0 Å². The van der Waals surface area contributed by atoms with Crippen molar-refractivity contribution in [2.45, 2.75) is 45.4 Å². The lowest BCUT2D eigenvalue weighted by Crippen LogP contribution is -2.39. The fraction of sp³-hybridized carbons (Fsp3) is 0.450. The molecular formula is C20H25N5O. The van der Waals surface area contributed by atoms with Gasteiger partial charge in [-0.2, -0.15) is 5.10 Å². The van der Waals surface area contributed by atoms with E-state index in [1.165, 1.54) is 0 Å². The molecule has 26 heavy (non-hydrogen) atoms. The van der Waals surface area contributed by atoms with E-state index >= 15 is 0 Å². The van der Waals surface area contributed by atoms with Crippen LogP contribution in [0.25, 0.3) is 11.0 Å². The fourth-order valence-corrected chi connectivity index (χ4v) is 3.76. The highest BCUT2D eigenvalue weighted by atomic mass is 16.2. The number of hydrogen-bond acceptors (Lipinski definition) is 3. The Hall–Kier alpha value is -2.63. The first-order chi connectivity index (χ1) is 12.6. The minimum atomic E-state index is 0.214. The molecule has 1 unspecified atom stereocenters. The molecule has 6 heteroatoms. The Morgan fingerprint density at radius 1 is 1.31 bits per heavy atom. The minimum absolute atomic E-state index is 0.214. The van der Waals surface area contributed by atoms with Crippen LogP contribution >= 0.6 is 0 Å². The molecule has 1 amide bonds. The van der Waals surface area contributed by atoms with Crippen molar-refractivity contribution in [3.05, 3.63) is 47.0 Å². The average Bonchev–Trinajstić information content (AvgIpc) is 3.24. The largest absolute Gasteiger partial charge is 0.342 e. The first-order valence-electron chi connectivity index (χ1n) is 9.34. The lowest BCUT2D eigenvalue weighted by molar-refractivity contribution is -0.132. The highest BCUT2D eigenvalue weighted by Crippen LogP contribution is 2.27. The average molecular weight is 351 g/mol. The number of amides is 1. The number of nitrogens with zero attached hydrogens (tertiary/aromatic N) is 3. The summed E-state index contributed by atoms with van der Waals surface area (Å²) in [7, 11) is 0. The van der Waals surface area contributed by atoms with Crippen molar-refractivity contribution >= 4 is 16.9 Å². The van der Waals surface area contributed by atoms with Crippen LogP contribution in [0.3, 0.4) is 0 Å². The maximum atomic E-state index is 12.7. The highest BCUT2D eigenvalue weighted by molar-refractivity contribution is 5.77. The van der Waals surface area contributed by atoms with Crippen molar-refractivity contribution < 1.29 is 4.79 Å². The van der Waals surface area contributed by atoms with Gasteiger partial charge in [-0.15, -0.1) is 0 Å². The first kappa shape index (κ1) is 16.8. The molecular weight excluding hydrogens is 326 g/mol. The van der Waals surface area contributed by atoms with E-state index in [1.54, 1.807) is 0 Å². The third-order valence-corrected chi connectivity index (χ3v) is 5.50. The second-order valence-corrected chi connectivity index (χ2v) is 7.24. The van der Waals surface area contributed by atoms with Crippen molar-refractivity contribution in [1.82, 2.24) is 25.1 Å². The third kappa shape index (κ3) is 3.23. The van der Waals surface area contributed by atoms with E-state index in [4.69, 9.17) is 4.98 Å². The summed E-state index contributed by atoms with van der Waals surface area (Å²) < 4.78 is 0. The number of para-hydroxylation sites is 2. The van der Waals surface area contributed by atoms with Gasteiger partial charge in [0.1, 0.15) is 5.82 Å². The summed E-state index contributed by atoms with van der Waals surface area (Å²) in [5, 5.41) is 7.30. The lowest BCUT2D eigenvalue weighted by atomic mass is 9.97. The molecule has 2 N–H and O–H groups in total. The van der Waals surface area contributed by atoms with Crippen LogP contribution in [0.4, 0.5) is 0 Å².